The highest BCUT2D eigenvalue weighted by molar-refractivity contribution is 6.06. The average molecular weight is 308 g/mol. The van der Waals surface area contributed by atoms with Gasteiger partial charge in [-0.15, -0.1) is 0 Å². The lowest BCUT2D eigenvalue weighted by Crippen LogP contribution is -2.25. The highest BCUT2D eigenvalue weighted by Crippen LogP contribution is 2.19. The van der Waals surface area contributed by atoms with E-state index in [0.29, 0.717) is 17.2 Å². The summed E-state index contributed by atoms with van der Waals surface area (Å²) in [7, 11) is 0. The first-order chi connectivity index (χ1) is 11.2. The van der Waals surface area contributed by atoms with Crippen LogP contribution in [0.1, 0.15) is 46.0 Å². The Labute approximate surface area is 135 Å². The number of anilines is 1. The van der Waals surface area contributed by atoms with E-state index in [1.807, 2.05) is 24.3 Å². The zero-order valence-corrected chi connectivity index (χ0v) is 13.1. The van der Waals surface area contributed by atoms with Crippen molar-refractivity contribution in [1.29, 1.82) is 0 Å². The fourth-order valence-electron chi connectivity index (χ4n) is 2.33. The number of rotatable bonds is 5. The Bertz CT molecular complexity index is 718. The molecule has 4 heteroatoms. The summed E-state index contributed by atoms with van der Waals surface area (Å²) in [6, 6.07) is 14.9. The second-order valence-corrected chi connectivity index (χ2v) is 5.83. The van der Waals surface area contributed by atoms with Gasteiger partial charge in [-0.3, -0.25) is 9.59 Å². The third-order valence-electron chi connectivity index (χ3n) is 3.92. The van der Waals surface area contributed by atoms with Crippen molar-refractivity contribution in [3.05, 3.63) is 65.2 Å². The van der Waals surface area contributed by atoms with E-state index >= 15 is 0 Å². The van der Waals surface area contributed by atoms with Gasteiger partial charge in [-0.2, -0.15) is 0 Å². The zero-order chi connectivity index (χ0) is 16.2. The average Bonchev–Trinajstić information content (AvgIpc) is 3.39. The molecule has 0 aromatic heterocycles. The summed E-state index contributed by atoms with van der Waals surface area (Å²) in [5.74, 6) is -0.329. The number of carbonyl (C=O) groups is 2. The summed E-state index contributed by atoms with van der Waals surface area (Å²) >= 11 is 0. The van der Waals surface area contributed by atoms with Gasteiger partial charge in [0.15, 0.2) is 0 Å². The molecule has 3 rings (SSSR count). The van der Waals surface area contributed by atoms with Crippen LogP contribution in [0.5, 0.6) is 0 Å². The number of hydrogen-bond acceptors (Lipinski definition) is 2. The predicted molar refractivity (Wildman–Crippen MR) is 90.7 cm³/mol. The molecule has 0 spiro atoms. The molecule has 118 valence electrons. The molecule has 0 bridgehead atoms. The summed E-state index contributed by atoms with van der Waals surface area (Å²) in [5.41, 5.74) is 2.97. The molecule has 0 saturated heterocycles. The van der Waals surface area contributed by atoms with Crippen LogP contribution in [-0.4, -0.2) is 17.9 Å². The maximum atomic E-state index is 12.3. The fraction of sp³-hybridized carbons (Fsp3) is 0.263. The van der Waals surface area contributed by atoms with Gasteiger partial charge in [-0.25, -0.2) is 0 Å². The van der Waals surface area contributed by atoms with E-state index in [1.54, 1.807) is 24.3 Å². The normalized spacial score (nSPS) is 13.4. The van der Waals surface area contributed by atoms with Gasteiger partial charge >= 0.3 is 0 Å². The van der Waals surface area contributed by atoms with Crippen molar-refractivity contribution in [3.8, 4) is 0 Å². The van der Waals surface area contributed by atoms with Crippen LogP contribution in [0.25, 0.3) is 0 Å². The highest BCUT2D eigenvalue weighted by atomic mass is 16.2. The molecule has 1 fully saturated rings. The maximum Gasteiger partial charge on any atom is 0.255 e. The molecule has 1 aliphatic carbocycles. The van der Waals surface area contributed by atoms with E-state index in [2.05, 4.69) is 17.6 Å². The lowest BCUT2D eigenvalue weighted by atomic mass is 10.1. The molecule has 0 aliphatic heterocycles. The first-order valence-electron chi connectivity index (χ1n) is 7.97. The Hall–Kier alpha value is -2.62. The van der Waals surface area contributed by atoms with Crippen molar-refractivity contribution in [1.82, 2.24) is 5.32 Å². The molecular formula is C19H20N2O2. The minimum Gasteiger partial charge on any atom is -0.349 e. The first kappa shape index (κ1) is 15.3. The SMILES string of the molecule is CCc1ccc(NC(=O)c2cccc(C(=O)NC3CC3)c2)cc1. The molecule has 2 aromatic rings. The lowest BCUT2D eigenvalue weighted by molar-refractivity contribution is 0.0951. The van der Waals surface area contributed by atoms with Crippen LogP contribution in [0.3, 0.4) is 0 Å². The van der Waals surface area contributed by atoms with Crippen LogP contribution >= 0.6 is 0 Å². The van der Waals surface area contributed by atoms with E-state index in [-0.39, 0.29) is 11.8 Å². The van der Waals surface area contributed by atoms with Crippen molar-refractivity contribution >= 4 is 17.5 Å². The number of amides is 2. The van der Waals surface area contributed by atoms with Crippen molar-refractivity contribution < 1.29 is 9.59 Å². The molecule has 2 amide bonds. The Morgan fingerprint density at radius 2 is 1.65 bits per heavy atom. The monoisotopic (exact) mass is 308 g/mol. The van der Waals surface area contributed by atoms with Gasteiger partial charge in [-0.1, -0.05) is 25.1 Å². The Morgan fingerprint density at radius 1 is 1.00 bits per heavy atom. The predicted octanol–water partition coefficient (Wildman–Crippen LogP) is 3.39. The van der Waals surface area contributed by atoms with Crippen LogP contribution in [0.15, 0.2) is 48.5 Å². The largest absolute Gasteiger partial charge is 0.349 e. The minimum atomic E-state index is -0.213. The zero-order valence-electron chi connectivity index (χ0n) is 13.1. The topological polar surface area (TPSA) is 58.2 Å². The number of carbonyl (C=O) groups excluding carboxylic acids is 2. The Morgan fingerprint density at radius 3 is 2.26 bits per heavy atom. The van der Waals surface area contributed by atoms with E-state index in [1.165, 1.54) is 5.56 Å². The van der Waals surface area contributed by atoms with Gasteiger partial charge in [0.1, 0.15) is 0 Å². The van der Waals surface area contributed by atoms with Crippen molar-refractivity contribution in [2.45, 2.75) is 32.2 Å². The van der Waals surface area contributed by atoms with Crippen LogP contribution in [0.4, 0.5) is 5.69 Å². The summed E-state index contributed by atoms with van der Waals surface area (Å²) < 4.78 is 0. The first-order valence-corrected chi connectivity index (χ1v) is 7.97. The van der Waals surface area contributed by atoms with Gasteiger partial charge in [0.05, 0.1) is 0 Å². The molecule has 23 heavy (non-hydrogen) atoms. The summed E-state index contributed by atoms with van der Waals surface area (Å²) in [6.07, 6.45) is 3.05. The quantitative estimate of drug-likeness (QED) is 0.889. The molecule has 2 N–H and O–H groups in total. The van der Waals surface area contributed by atoms with Gasteiger partial charge in [0.2, 0.25) is 0 Å². The van der Waals surface area contributed by atoms with Gasteiger partial charge in [-0.05, 0) is 55.2 Å². The Balaban J connectivity index is 1.69. The number of benzene rings is 2. The lowest BCUT2D eigenvalue weighted by Gasteiger charge is -2.08. The van der Waals surface area contributed by atoms with Crippen molar-refractivity contribution in [3.63, 3.8) is 0 Å². The fourth-order valence-corrected chi connectivity index (χ4v) is 2.33. The molecule has 0 unspecified atom stereocenters. The van der Waals surface area contributed by atoms with E-state index in [0.717, 1.165) is 24.9 Å². The molecule has 1 aliphatic rings. The molecule has 1 saturated carbocycles. The highest BCUT2D eigenvalue weighted by Gasteiger charge is 2.24. The van der Waals surface area contributed by atoms with Gasteiger partial charge in [0.25, 0.3) is 11.8 Å². The van der Waals surface area contributed by atoms with Gasteiger partial charge < -0.3 is 10.6 Å². The van der Waals surface area contributed by atoms with E-state index in [4.69, 9.17) is 0 Å². The number of aryl methyl sites for hydroxylation is 1. The molecular weight excluding hydrogens is 288 g/mol. The van der Waals surface area contributed by atoms with E-state index < -0.39 is 0 Å². The van der Waals surface area contributed by atoms with Crippen LogP contribution in [-0.2, 0) is 6.42 Å². The summed E-state index contributed by atoms with van der Waals surface area (Å²) in [6.45, 7) is 2.09. The smallest absolute Gasteiger partial charge is 0.255 e. The van der Waals surface area contributed by atoms with Crippen LogP contribution < -0.4 is 10.6 Å². The second kappa shape index (κ2) is 6.65. The third-order valence-corrected chi connectivity index (χ3v) is 3.92. The van der Waals surface area contributed by atoms with Crippen molar-refractivity contribution in [2.24, 2.45) is 0 Å². The number of nitrogens with one attached hydrogen (secondary N) is 2. The number of hydrogen-bond donors (Lipinski definition) is 2. The molecule has 0 heterocycles. The summed E-state index contributed by atoms with van der Waals surface area (Å²) in [4.78, 5) is 24.4. The van der Waals surface area contributed by atoms with E-state index in [9.17, 15) is 9.59 Å². The third kappa shape index (κ3) is 3.97. The standard InChI is InChI=1S/C19H20N2O2/c1-2-13-6-8-16(9-7-13)20-18(22)14-4-3-5-15(12-14)19(23)21-17-10-11-17/h3-9,12,17H,2,10-11H2,1H3,(H,20,22)(H,21,23). The molecule has 0 radical (unpaired) electrons. The van der Waals surface area contributed by atoms with Crippen LogP contribution in [0, 0.1) is 0 Å². The minimum absolute atomic E-state index is 0.116. The molecule has 2 aromatic carbocycles. The van der Waals surface area contributed by atoms with Crippen molar-refractivity contribution in [2.75, 3.05) is 5.32 Å². The maximum absolute atomic E-state index is 12.3. The van der Waals surface area contributed by atoms with Gasteiger partial charge in [0, 0.05) is 22.9 Å². The molecule has 4 nitrogen and oxygen atoms in total. The Kier molecular flexibility index (Phi) is 4.42. The van der Waals surface area contributed by atoms with Crippen LogP contribution in [0.2, 0.25) is 0 Å². The second-order valence-electron chi connectivity index (χ2n) is 5.83. The summed E-state index contributed by atoms with van der Waals surface area (Å²) in [5, 5.41) is 5.79. The molecule has 0 atom stereocenters.